The van der Waals surface area contributed by atoms with Crippen molar-refractivity contribution in [2.24, 2.45) is 11.3 Å². The second-order valence-corrected chi connectivity index (χ2v) is 3.76. The van der Waals surface area contributed by atoms with Crippen molar-refractivity contribution in [3.63, 3.8) is 0 Å². The number of carbonyl (C=O) groups is 1. The lowest BCUT2D eigenvalue weighted by Crippen LogP contribution is -2.25. The first kappa shape index (κ1) is 11.5. The number of hydrogen-bond donors (Lipinski definition) is 1. The average molecular weight is 171 g/mol. The maximum absolute atomic E-state index is 10.9. The summed E-state index contributed by atoms with van der Waals surface area (Å²) in [6, 6.07) is 0. The van der Waals surface area contributed by atoms with E-state index in [0.29, 0.717) is 12.3 Å². The van der Waals surface area contributed by atoms with Crippen molar-refractivity contribution >= 4 is 5.91 Å². The highest BCUT2D eigenvalue weighted by molar-refractivity contribution is 5.79. The first-order valence-corrected chi connectivity index (χ1v) is 4.81. The normalized spacial score (nSPS) is 28.0. The molecule has 1 fully saturated rings. The molecule has 72 valence electrons. The Hall–Kier alpha value is -0.530. The topological polar surface area (TPSA) is 29.1 Å². The van der Waals surface area contributed by atoms with E-state index in [1.54, 1.807) is 0 Å². The Balaban J connectivity index is 0.000000561. The predicted octanol–water partition coefficient (Wildman–Crippen LogP) is 2.19. The molecule has 1 amide bonds. The SMILES string of the molecule is CC.CC(C)C1(C)CNC(=O)C1. The van der Waals surface area contributed by atoms with Gasteiger partial charge in [0, 0.05) is 13.0 Å². The summed E-state index contributed by atoms with van der Waals surface area (Å²) in [5.74, 6) is 0.794. The summed E-state index contributed by atoms with van der Waals surface area (Å²) in [6.07, 6.45) is 0.699. The largest absolute Gasteiger partial charge is 0.356 e. The lowest BCUT2D eigenvalue weighted by Gasteiger charge is -2.25. The molecule has 2 nitrogen and oxygen atoms in total. The minimum Gasteiger partial charge on any atom is -0.356 e. The molecule has 12 heavy (non-hydrogen) atoms. The third-order valence-electron chi connectivity index (χ3n) is 2.65. The minimum atomic E-state index is 0.205. The summed E-state index contributed by atoms with van der Waals surface area (Å²) < 4.78 is 0. The molecule has 1 saturated heterocycles. The fraction of sp³-hybridized carbons (Fsp3) is 0.900. The van der Waals surface area contributed by atoms with Crippen molar-refractivity contribution in [3.05, 3.63) is 0 Å². The van der Waals surface area contributed by atoms with Crippen LogP contribution in [-0.2, 0) is 4.79 Å². The van der Waals surface area contributed by atoms with Crippen molar-refractivity contribution in [2.45, 2.75) is 41.0 Å². The Morgan fingerprint density at radius 1 is 1.42 bits per heavy atom. The van der Waals surface area contributed by atoms with Gasteiger partial charge in [0.1, 0.15) is 0 Å². The maximum Gasteiger partial charge on any atom is 0.220 e. The van der Waals surface area contributed by atoms with Crippen LogP contribution in [0.5, 0.6) is 0 Å². The van der Waals surface area contributed by atoms with Crippen LogP contribution in [0.2, 0.25) is 0 Å². The van der Waals surface area contributed by atoms with Crippen molar-refractivity contribution in [1.82, 2.24) is 5.32 Å². The maximum atomic E-state index is 10.9. The molecular formula is C10H21NO. The van der Waals surface area contributed by atoms with Crippen LogP contribution in [-0.4, -0.2) is 12.5 Å². The van der Waals surface area contributed by atoms with Gasteiger partial charge in [0.25, 0.3) is 0 Å². The number of hydrogen-bond acceptors (Lipinski definition) is 1. The lowest BCUT2D eigenvalue weighted by atomic mass is 9.78. The Labute approximate surface area is 75.7 Å². The number of nitrogens with one attached hydrogen (secondary N) is 1. The van der Waals surface area contributed by atoms with Crippen LogP contribution in [0.4, 0.5) is 0 Å². The molecule has 0 aromatic heterocycles. The predicted molar refractivity (Wildman–Crippen MR) is 51.9 cm³/mol. The summed E-state index contributed by atoms with van der Waals surface area (Å²) in [5, 5.41) is 2.85. The third-order valence-corrected chi connectivity index (χ3v) is 2.65. The van der Waals surface area contributed by atoms with E-state index in [1.807, 2.05) is 13.8 Å². The molecule has 1 aliphatic rings. The van der Waals surface area contributed by atoms with E-state index >= 15 is 0 Å². The smallest absolute Gasteiger partial charge is 0.220 e. The molecular weight excluding hydrogens is 150 g/mol. The highest BCUT2D eigenvalue weighted by Gasteiger charge is 2.36. The molecule has 1 heterocycles. The van der Waals surface area contributed by atoms with Gasteiger partial charge in [-0.2, -0.15) is 0 Å². The second-order valence-electron chi connectivity index (χ2n) is 3.76. The van der Waals surface area contributed by atoms with E-state index < -0.39 is 0 Å². The summed E-state index contributed by atoms with van der Waals surface area (Å²) >= 11 is 0. The van der Waals surface area contributed by atoms with Crippen LogP contribution in [0.25, 0.3) is 0 Å². The van der Waals surface area contributed by atoms with E-state index in [0.717, 1.165) is 6.54 Å². The summed E-state index contributed by atoms with van der Waals surface area (Å²) in [6.45, 7) is 11.3. The zero-order chi connectivity index (χ0) is 9.78. The van der Waals surface area contributed by atoms with Gasteiger partial charge < -0.3 is 5.32 Å². The molecule has 0 aliphatic carbocycles. The summed E-state index contributed by atoms with van der Waals surface area (Å²) in [7, 11) is 0. The van der Waals surface area contributed by atoms with Gasteiger partial charge in [-0.05, 0) is 11.3 Å². The Bertz CT molecular complexity index is 154. The Morgan fingerprint density at radius 3 is 2.08 bits per heavy atom. The average Bonchev–Trinajstić information content (AvgIpc) is 2.37. The van der Waals surface area contributed by atoms with Crippen LogP contribution in [0.1, 0.15) is 41.0 Å². The highest BCUT2D eigenvalue weighted by atomic mass is 16.1. The minimum absolute atomic E-state index is 0.205. The molecule has 0 radical (unpaired) electrons. The van der Waals surface area contributed by atoms with E-state index in [4.69, 9.17) is 0 Å². The van der Waals surface area contributed by atoms with Gasteiger partial charge in [-0.15, -0.1) is 0 Å². The van der Waals surface area contributed by atoms with Gasteiger partial charge in [0.2, 0.25) is 5.91 Å². The standard InChI is InChI=1S/C8H15NO.C2H6/c1-6(2)8(3)4-7(10)9-5-8;1-2/h6H,4-5H2,1-3H3,(H,9,10);1-2H3. The van der Waals surface area contributed by atoms with Gasteiger partial charge in [0.15, 0.2) is 0 Å². The van der Waals surface area contributed by atoms with E-state index in [-0.39, 0.29) is 11.3 Å². The Kier molecular flexibility index (Phi) is 4.29. The van der Waals surface area contributed by atoms with Crippen molar-refractivity contribution in [1.29, 1.82) is 0 Å². The quantitative estimate of drug-likeness (QED) is 0.644. The molecule has 0 spiro atoms. The molecule has 0 aromatic rings. The number of rotatable bonds is 1. The zero-order valence-corrected chi connectivity index (χ0v) is 8.90. The van der Waals surface area contributed by atoms with Gasteiger partial charge >= 0.3 is 0 Å². The first-order chi connectivity index (χ1) is 5.54. The molecule has 1 N–H and O–H groups in total. The highest BCUT2D eigenvalue weighted by Crippen LogP contribution is 2.33. The van der Waals surface area contributed by atoms with Crippen LogP contribution >= 0.6 is 0 Å². The zero-order valence-electron chi connectivity index (χ0n) is 8.90. The van der Waals surface area contributed by atoms with Crippen LogP contribution in [0, 0.1) is 11.3 Å². The molecule has 1 rings (SSSR count). The lowest BCUT2D eigenvalue weighted by molar-refractivity contribution is -0.119. The molecule has 1 unspecified atom stereocenters. The van der Waals surface area contributed by atoms with Crippen LogP contribution in [0.3, 0.4) is 0 Å². The fourth-order valence-corrected chi connectivity index (χ4v) is 1.20. The number of carbonyl (C=O) groups excluding carboxylic acids is 1. The number of amides is 1. The van der Waals surface area contributed by atoms with Crippen LogP contribution in [0.15, 0.2) is 0 Å². The molecule has 2 heteroatoms. The van der Waals surface area contributed by atoms with E-state index in [9.17, 15) is 4.79 Å². The van der Waals surface area contributed by atoms with Gasteiger partial charge in [-0.25, -0.2) is 0 Å². The molecule has 1 atom stereocenters. The van der Waals surface area contributed by atoms with Crippen molar-refractivity contribution in [2.75, 3.05) is 6.54 Å². The van der Waals surface area contributed by atoms with Crippen molar-refractivity contribution in [3.8, 4) is 0 Å². The van der Waals surface area contributed by atoms with E-state index in [1.165, 1.54) is 0 Å². The molecule has 0 bridgehead atoms. The third kappa shape index (κ3) is 2.50. The second kappa shape index (κ2) is 4.48. The molecule has 0 saturated carbocycles. The summed E-state index contributed by atoms with van der Waals surface area (Å²) in [4.78, 5) is 10.9. The first-order valence-electron chi connectivity index (χ1n) is 4.81. The van der Waals surface area contributed by atoms with Gasteiger partial charge in [0.05, 0.1) is 0 Å². The molecule has 1 aliphatic heterocycles. The van der Waals surface area contributed by atoms with Crippen LogP contribution < -0.4 is 5.32 Å². The summed E-state index contributed by atoms with van der Waals surface area (Å²) in [5.41, 5.74) is 0.205. The van der Waals surface area contributed by atoms with Gasteiger partial charge in [-0.1, -0.05) is 34.6 Å². The van der Waals surface area contributed by atoms with Gasteiger partial charge in [-0.3, -0.25) is 4.79 Å². The monoisotopic (exact) mass is 171 g/mol. The molecule has 0 aromatic carbocycles. The van der Waals surface area contributed by atoms with Crippen molar-refractivity contribution < 1.29 is 4.79 Å². The Morgan fingerprint density at radius 2 is 1.92 bits per heavy atom. The fourth-order valence-electron chi connectivity index (χ4n) is 1.20. The van der Waals surface area contributed by atoms with E-state index in [2.05, 4.69) is 26.1 Å².